The molecule has 1 aliphatic rings. The van der Waals surface area contributed by atoms with Crippen LogP contribution in [-0.2, 0) is 0 Å². The summed E-state index contributed by atoms with van der Waals surface area (Å²) in [4.78, 5) is 10.5. The number of para-hydroxylation sites is 1. The van der Waals surface area contributed by atoms with Crippen molar-refractivity contribution in [3.05, 3.63) is 180 Å². The Morgan fingerprint density at radius 3 is 1.94 bits per heavy atom. The molecule has 2 aromatic heterocycles. The molecule has 3 heterocycles. The van der Waals surface area contributed by atoms with E-state index in [0.29, 0.717) is 0 Å². The molecular formula is C47H29N3O2. The van der Waals surface area contributed by atoms with Crippen LogP contribution >= 0.6 is 0 Å². The quantitative estimate of drug-likeness (QED) is 0.190. The van der Waals surface area contributed by atoms with Crippen molar-refractivity contribution in [2.45, 2.75) is 6.17 Å². The van der Waals surface area contributed by atoms with E-state index >= 15 is 0 Å². The van der Waals surface area contributed by atoms with Crippen molar-refractivity contribution in [2.75, 3.05) is 0 Å². The van der Waals surface area contributed by atoms with E-state index in [1.54, 1.807) is 0 Å². The number of hydrogen-bond donors (Lipinski definition) is 1. The zero-order valence-electron chi connectivity index (χ0n) is 27.9. The summed E-state index contributed by atoms with van der Waals surface area (Å²) in [6.07, 6.45) is -0.492. The minimum absolute atomic E-state index is 0.492. The molecule has 0 aliphatic carbocycles. The molecule has 1 aliphatic heterocycles. The summed E-state index contributed by atoms with van der Waals surface area (Å²) in [7, 11) is 0. The van der Waals surface area contributed by atoms with Gasteiger partial charge in [-0.25, -0.2) is 9.98 Å². The Hall–Kier alpha value is -6.98. The second-order valence-electron chi connectivity index (χ2n) is 13.4. The van der Waals surface area contributed by atoms with Gasteiger partial charge in [-0.05, 0) is 69.1 Å². The lowest BCUT2D eigenvalue weighted by molar-refractivity contribution is 0.667. The summed E-state index contributed by atoms with van der Waals surface area (Å²) in [5.41, 5.74) is 8.56. The highest BCUT2D eigenvalue weighted by atomic mass is 16.3. The van der Waals surface area contributed by atoms with E-state index in [0.717, 1.165) is 83.4 Å². The van der Waals surface area contributed by atoms with Crippen molar-refractivity contribution in [1.29, 1.82) is 0 Å². The minimum atomic E-state index is -0.492. The first-order valence-electron chi connectivity index (χ1n) is 17.5. The molecule has 8 aromatic carbocycles. The number of hydrogen-bond acceptors (Lipinski definition) is 5. The fourth-order valence-corrected chi connectivity index (χ4v) is 7.89. The van der Waals surface area contributed by atoms with E-state index in [2.05, 4.69) is 115 Å². The summed E-state index contributed by atoms with van der Waals surface area (Å²) in [5.74, 6) is 1.56. The summed E-state index contributed by atoms with van der Waals surface area (Å²) in [5, 5.41) is 12.7. The van der Waals surface area contributed by atoms with Gasteiger partial charge < -0.3 is 14.2 Å². The largest absolute Gasteiger partial charge is 0.456 e. The maximum atomic E-state index is 6.60. The van der Waals surface area contributed by atoms with Crippen LogP contribution in [0.2, 0.25) is 0 Å². The van der Waals surface area contributed by atoms with Crippen LogP contribution in [0.15, 0.2) is 183 Å². The first-order chi connectivity index (χ1) is 25.7. The fourth-order valence-electron chi connectivity index (χ4n) is 7.89. The number of rotatable bonds is 4. The Morgan fingerprint density at radius 1 is 0.404 bits per heavy atom. The molecule has 1 N–H and O–H groups in total. The molecule has 1 unspecified atom stereocenters. The summed E-state index contributed by atoms with van der Waals surface area (Å²) < 4.78 is 12.8. The Balaban J connectivity index is 1.06. The molecule has 0 fully saturated rings. The predicted octanol–water partition coefficient (Wildman–Crippen LogP) is 12.0. The zero-order valence-corrected chi connectivity index (χ0v) is 27.9. The minimum Gasteiger partial charge on any atom is -0.456 e. The fraction of sp³-hybridized carbons (Fsp3) is 0.0213. The van der Waals surface area contributed by atoms with E-state index in [1.165, 1.54) is 21.5 Å². The summed E-state index contributed by atoms with van der Waals surface area (Å²) in [6.45, 7) is 0. The number of aliphatic imine (C=N–C) groups is 2. The third-order valence-electron chi connectivity index (χ3n) is 10.3. The summed E-state index contributed by atoms with van der Waals surface area (Å²) in [6, 6.07) is 56.9. The van der Waals surface area contributed by atoms with Gasteiger partial charge in [0.05, 0.1) is 0 Å². The highest BCUT2D eigenvalue weighted by molar-refractivity contribution is 6.18. The van der Waals surface area contributed by atoms with Gasteiger partial charge in [0.2, 0.25) is 0 Å². The first kappa shape index (κ1) is 28.8. The van der Waals surface area contributed by atoms with Gasteiger partial charge in [0.15, 0.2) is 6.17 Å². The number of amidine groups is 2. The van der Waals surface area contributed by atoms with Gasteiger partial charge in [0.1, 0.15) is 34.0 Å². The normalized spacial score (nSPS) is 14.7. The Labute approximate surface area is 298 Å². The van der Waals surface area contributed by atoms with Gasteiger partial charge in [-0.1, -0.05) is 127 Å². The smallest absolute Gasteiger partial charge is 0.170 e. The van der Waals surface area contributed by atoms with Crippen LogP contribution in [0.1, 0.15) is 22.9 Å². The first-order valence-corrected chi connectivity index (χ1v) is 17.5. The third-order valence-corrected chi connectivity index (χ3v) is 10.3. The molecule has 11 rings (SSSR count). The molecule has 5 nitrogen and oxygen atoms in total. The van der Waals surface area contributed by atoms with Crippen molar-refractivity contribution in [3.8, 4) is 11.1 Å². The average molecular weight is 668 g/mol. The molecular weight excluding hydrogens is 639 g/mol. The monoisotopic (exact) mass is 667 g/mol. The van der Waals surface area contributed by atoms with Crippen molar-refractivity contribution >= 4 is 77.1 Å². The number of nitrogens with zero attached hydrogens (tertiary/aromatic N) is 2. The van der Waals surface area contributed by atoms with Gasteiger partial charge >= 0.3 is 0 Å². The molecule has 1 atom stereocenters. The van der Waals surface area contributed by atoms with Crippen molar-refractivity contribution in [3.63, 3.8) is 0 Å². The lowest BCUT2D eigenvalue weighted by atomic mass is 9.97. The maximum Gasteiger partial charge on any atom is 0.170 e. The average Bonchev–Trinajstić information content (AvgIpc) is 3.79. The van der Waals surface area contributed by atoms with Crippen LogP contribution in [0.5, 0.6) is 0 Å². The molecule has 52 heavy (non-hydrogen) atoms. The van der Waals surface area contributed by atoms with Crippen molar-refractivity contribution < 1.29 is 8.83 Å². The molecule has 0 radical (unpaired) electrons. The molecule has 0 saturated heterocycles. The van der Waals surface area contributed by atoms with Crippen molar-refractivity contribution in [1.82, 2.24) is 5.32 Å². The number of furan rings is 2. The summed E-state index contributed by atoms with van der Waals surface area (Å²) >= 11 is 0. The van der Waals surface area contributed by atoms with E-state index in [1.807, 2.05) is 54.6 Å². The van der Waals surface area contributed by atoms with E-state index in [9.17, 15) is 0 Å². The maximum absolute atomic E-state index is 6.60. The second kappa shape index (κ2) is 11.3. The van der Waals surface area contributed by atoms with Gasteiger partial charge in [-0.2, -0.15) is 0 Å². The van der Waals surface area contributed by atoms with E-state index in [4.69, 9.17) is 18.8 Å². The highest BCUT2D eigenvalue weighted by Gasteiger charge is 2.25. The van der Waals surface area contributed by atoms with Crippen LogP contribution in [0.25, 0.3) is 76.5 Å². The topological polar surface area (TPSA) is 63.0 Å². The standard InChI is InChI=1S/C47H29N3O2/c1-2-11-29(12-3-1)45-48-46(32-23-24-34-30(26-32)21-20-28-10-4-5-13-33(28)34)50-47(49-45)38-16-9-19-41-44(38)37-25-22-31(27-42(37)52-41)35-15-8-18-40-43(35)36-14-6-7-17-39(36)51-40/h1-27,47H,(H,48,49,50). The number of nitrogens with one attached hydrogen (secondary N) is 1. The highest BCUT2D eigenvalue weighted by Crippen LogP contribution is 2.41. The van der Waals surface area contributed by atoms with Crippen LogP contribution in [0, 0.1) is 0 Å². The van der Waals surface area contributed by atoms with Crippen LogP contribution < -0.4 is 5.32 Å². The van der Waals surface area contributed by atoms with Crippen LogP contribution in [-0.4, -0.2) is 11.7 Å². The number of fused-ring (bicyclic) bond motifs is 9. The molecule has 0 bridgehead atoms. The number of benzene rings is 8. The van der Waals surface area contributed by atoms with E-state index < -0.39 is 6.17 Å². The predicted molar refractivity (Wildman–Crippen MR) is 213 cm³/mol. The van der Waals surface area contributed by atoms with Gasteiger partial charge in [-0.3, -0.25) is 0 Å². The SMILES string of the molecule is c1ccc(C2=NC(c3cccc4oc5cc(-c6cccc7oc8ccccc8c67)ccc5c34)N=C(c3ccc4c(ccc5ccccc54)c3)N2)cc1. The van der Waals surface area contributed by atoms with Gasteiger partial charge in [0.25, 0.3) is 0 Å². The Bertz CT molecular complexity index is 3110. The van der Waals surface area contributed by atoms with Crippen LogP contribution in [0.3, 0.4) is 0 Å². The molecule has 244 valence electrons. The molecule has 0 amide bonds. The Kier molecular flexibility index (Phi) is 6.25. The van der Waals surface area contributed by atoms with Gasteiger partial charge in [0, 0.05) is 38.2 Å². The lowest BCUT2D eigenvalue weighted by Crippen LogP contribution is -2.36. The van der Waals surface area contributed by atoms with Crippen molar-refractivity contribution in [2.24, 2.45) is 9.98 Å². The van der Waals surface area contributed by atoms with Crippen LogP contribution in [0.4, 0.5) is 0 Å². The molecule has 0 spiro atoms. The zero-order chi connectivity index (χ0) is 34.2. The van der Waals surface area contributed by atoms with Gasteiger partial charge in [-0.15, -0.1) is 0 Å². The molecule has 5 heteroatoms. The second-order valence-corrected chi connectivity index (χ2v) is 13.4. The van der Waals surface area contributed by atoms with E-state index in [-0.39, 0.29) is 0 Å². The lowest BCUT2D eigenvalue weighted by Gasteiger charge is -2.23. The third kappa shape index (κ3) is 4.49. The molecule has 10 aromatic rings. The Morgan fingerprint density at radius 2 is 1.04 bits per heavy atom. The molecule has 0 saturated carbocycles.